The highest BCUT2D eigenvalue weighted by Crippen LogP contribution is 2.32. The average Bonchev–Trinajstić information content (AvgIpc) is 3.23. The molecule has 0 spiro atoms. The van der Waals surface area contributed by atoms with Gasteiger partial charge in [-0.2, -0.15) is 0 Å². The summed E-state index contributed by atoms with van der Waals surface area (Å²) in [5, 5.41) is 4.12. The summed E-state index contributed by atoms with van der Waals surface area (Å²) >= 11 is 0. The van der Waals surface area contributed by atoms with Crippen LogP contribution in [0, 0.1) is 5.82 Å². The predicted octanol–water partition coefficient (Wildman–Crippen LogP) is 10.5. The summed E-state index contributed by atoms with van der Waals surface area (Å²) in [5.74, 6) is 1.07. The second kappa shape index (κ2) is 12.5. The van der Waals surface area contributed by atoms with E-state index < -0.39 is 0 Å². The summed E-state index contributed by atoms with van der Waals surface area (Å²) in [6, 6.07) is 46.6. The molecule has 8 heteroatoms. The van der Waals surface area contributed by atoms with Crippen molar-refractivity contribution in [1.82, 2.24) is 34.9 Å². The number of nitrogens with zero attached hydrogens (tertiary/aromatic N) is 7. The zero-order valence-electron chi connectivity index (χ0n) is 28.0. The van der Waals surface area contributed by atoms with Crippen LogP contribution in [0.1, 0.15) is 0 Å². The Morgan fingerprint density at radius 2 is 0.736 bits per heavy atom. The van der Waals surface area contributed by atoms with Crippen molar-refractivity contribution < 1.29 is 4.39 Å². The minimum absolute atomic E-state index is 0.333. The van der Waals surface area contributed by atoms with Gasteiger partial charge in [0.15, 0.2) is 17.5 Å². The molecule has 0 aliphatic heterocycles. The molecule has 5 aromatic carbocycles. The van der Waals surface area contributed by atoms with Crippen LogP contribution >= 0.6 is 0 Å². The van der Waals surface area contributed by atoms with E-state index in [9.17, 15) is 4.39 Å². The summed E-state index contributed by atoms with van der Waals surface area (Å²) in [5.41, 5.74) is 9.11. The Bertz CT molecular complexity index is 2860. The highest BCUT2D eigenvalue weighted by Gasteiger charge is 2.15. The molecule has 0 amide bonds. The third-order valence-corrected chi connectivity index (χ3v) is 9.44. The van der Waals surface area contributed by atoms with Crippen LogP contribution in [0.2, 0.25) is 0 Å². The predicted molar refractivity (Wildman–Crippen MR) is 208 cm³/mol. The Morgan fingerprint density at radius 3 is 1.23 bits per heavy atom. The van der Waals surface area contributed by atoms with Gasteiger partial charge >= 0.3 is 0 Å². The monoisotopic (exact) mass is 683 g/mol. The van der Waals surface area contributed by atoms with E-state index in [2.05, 4.69) is 46.4 Å². The highest BCUT2D eigenvalue weighted by molar-refractivity contribution is 6.04. The molecular formula is C45H26FN7. The Labute approximate surface area is 302 Å². The maximum atomic E-state index is 14.0. The Kier molecular flexibility index (Phi) is 7.18. The van der Waals surface area contributed by atoms with Gasteiger partial charge in [0, 0.05) is 61.8 Å². The van der Waals surface area contributed by atoms with Crippen molar-refractivity contribution in [3.8, 4) is 56.7 Å². The normalized spacial score (nSPS) is 11.5. The lowest BCUT2D eigenvalue weighted by atomic mass is 10.0. The molecule has 0 radical (unpaired) electrons. The molecule has 7 nitrogen and oxygen atoms in total. The van der Waals surface area contributed by atoms with Gasteiger partial charge in [-0.05, 0) is 60.7 Å². The quantitative estimate of drug-likeness (QED) is 0.167. The van der Waals surface area contributed by atoms with E-state index >= 15 is 0 Å². The molecule has 0 unspecified atom stereocenters. The van der Waals surface area contributed by atoms with Gasteiger partial charge in [0.05, 0.1) is 33.5 Å². The first-order valence-electron chi connectivity index (χ1n) is 17.2. The van der Waals surface area contributed by atoms with E-state index in [4.69, 9.17) is 24.9 Å². The zero-order chi connectivity index (χ0) is 35.3. The lowest BCUT2D eigenvalue weighted by Crippen LogP contribution is -2.00. The molecule has 0 N–H and O–H groups in total. The summed E-state index contributed by atoms with van der Waals surface area (Å²) in [4.78, 5) is 34.2. The van der Waals surface area contributed by atoms with Crippen molar-refractivity contribution in [1.29, 1.82) is 0 Å². The molecule has 10 aromatic rings. The van der Waals surface area contributed by atoms with Gasteiger partial charge < -0.3 is 0 Å². The van der Waals surface area contributed by atoms with Crippen LogP contribution in [-0.2, 0) is 0 Å². The van der Waals surface area contributed by atoms with Crippen molar-refractivity contribution in [2.75, 3.05) is 0 Å². The molecule has 248 valence electrons. The summed E-state index contributed by atoms with van der Waals surface area (Å²) in [6.45, 7) is 0. The number of benzene rings is 5. The van der Waals surface area contributed by atoms with Crippen molar-refractivity contribution in [2.45, 2.75) is 0 Å². The number of aromatic nitrogens is 7. The third-order valence-electron chi connectivity index (χ3n) is 9.44. The van der Waals surface area contributed by atoms with Crippen LogP contribution < -0.4 is 0 Å². The van der Waals surface area contributed by atoms with Crippen molar-refractivity contribution in [3.05, 3.63) is 164 Å². The number of halogens is 1. The SMILES string of the molecule is Fc1ccc(-c2nc(-c3cccc(-c4ccc5ccc6cccnc6c5n4)c3)nc(-c3cccc(-c4ccc5ccc6cccnc6c5n4)c3)n2)cc1. The fourth-order valence-electron chi connectivity index (χ4n) is 6.77. The Balaban J connectivity index is 1.09. The van der Waals surface area contributed by atoms with E-state index in [1.165, 1.54) is 12.1 Å². The van der Waals surface area contributed by atoms with Gasteiger partial charge in [-0.3, -0.25) is 9.97 Å². The minimum atomic E-state index is -0.333. The summed E-state index contributed by atoms with van der Waals surface area (Å²) in [7, 11) is 0. The smallest absolute Gasteiger partial charge is 0.164 e. The minimum Gasteiger partial charge on any atom is -0.254 e. The molecule has 0 bridgehead atoms. The van der Waals surface area contributed by atoms with E-state index in [1.54, 1.807) is 24.5 Å². The van der Waals surface area contributed by atoms with Crippen LogP contribution in [0.3, 0.4) is 0 Å². The molecule has 0 fully saturated rings. The van der Waals surface area contributed by atoms with Crippen molar-refractivity contribution in [2.24, 2.45) is 0 Å². The maximum absolute atomic E-state index is 14.0. The van der Waals surface area contributed by atoms with Crippen LogP contribution in [0.15, 0.2) is 158 Å². The molecule has 0 atom stereocenters. The topological polar surface area (TPSA) is 90.2 Å². The van der Waals surface area contributed by atoms with E-state index in [0.717, 1.165) is 77.3 Å². The fourth-order valence-corrected chi connectivity index (χ4v) is 6.77. The zero-order valence-corrected chi connectivity index (χ0v) is 28.0. The first-order chi connectivity index (χ1) is 26.1. The second-order valence-electron chi connectivity index (χ2n) is 12.8. The van der Waals surface area contributed by atoms with Crippen LogP contribution in [0.4, 0.5) is 4.39 Å². The van der Waals surface area contributed by atoms with Gasteiger partial charge in [-0.25, -0.2) is 29.3 Å². The highest BCUT2D eigenvalue weighted by atomic mass is 19.1. The van der Waals surface area contributed by atoms with Gasteiger partial charge in [0.1, 0.15) is 5.82 Å². The van der Waals surface area contributed by atoms with E-state index in [1.807, 2.05) is 84.9 Å². The maximum Gasteiger partial charge on any atom is 0.164 e. The molecule has 0 aliphatic carbocycles. The van der Waals surface area contributed by atoms with E-state index in [-0.39, 0.29) is 5.82 Å². The van der Waals surface area contributed by atoms with Crippen molar-refractivity contribution in [3.63, 3.8) is 0 Å². The van der Waals surface area contributed by atoms with Gasteiger partial charge in [-0.1, -0.05) is 84.9 Å². The van der Waals surface area contributed by atoms with Crippen molar-refractivity contribution >= 4 is 43.6 Å². The summed E-state index contributed by atoms with van der Waals surface area (Å²) < 4.78 is 14.0. The van der Waals surface area contributed by atoms with Crippen LogP contribution in [-0.4, -0.2) is 34.9 Å². The molecule has 5 heterocycles. The third kappa shape index (κ3) is 5.59. The number of pyridine rings is 4. The molecule has 0 saturated heterocycles. The Hall–Kier alpha value is -7.32. The number of fused-ring (bicyclic) bond motifs is 6. The van der Waals surface area contributed by atoms with Crippen LogP contribution in [0.5, 0.6) is 0 Å². The van der Waals surface area contributed by atoms with Gasteiger partial charge in [0.25, 0.3) is 0 Å². The standard InChI is InChI=1S/C45H26FN7/c46-36-19-15-31(16-20-36)43-51-44(34-7-1-5-32(25-34)37-21-17-29-13-11-27-9-3-23-47-39(27)41(29)49-37)53-45(52-43)35-8-2-6-33(26-35)38-22-18-30-14-12-28-10-4-24-48-40(28)42(30)50-38/h1-26H. The fraction of sp³-hybridized carbons (Fsp3) is 0. The molecule has 10 rings (SSSR count). The first-order valence-corrected chi connectivity index (χ1v) is 17.2. The second-order valence-corrected chi connectivity index (χ2v) is 12.8. The van der Waals surface area contributed by atoms with E-state index in [0.29, 0.717) is 23.0 Å². The Morgan fingerprint density at radius 1 is 0.321 bits per heavy atom. The van der Waals surface area contributed by atoms with Crippen LogP contribution in [0.25, 0.3) is 100 Å². The molecule has 5 aromatic heterocycles. The summed E-state index contributed by atoms with van der Waals surface area (Å²) in [6.07, 6.45) is 3.59. The number of rotatable bonds is 5. The lowest BCUT2D eigenvalue weighted by molar-refractivity contribution is 0.628. The van der Waals surface area contributed by atoms with Gasteiger partial charge in [0.2, 0.25) is 0 Å². The van der Waals surface area contributed by atoms with Gasteiger partial charge in [-0.15, -0.1) is 0 Å². The molecular weight excluding hydrogens is 658 g/mol. The molecule has 53 heavy (non-hydrogen) atoms. The average molecular weight is 684 g/mol. The lowest BCUT2D eigenvalue weighted by Gasteiger charge is -2.11. The number of hydrogen-bond acceptors (Lipinski definition) is 7. The molecule has 0 saturated carbocycles. The first kappa shape index (κ1) is 30.5. The largest absolute Gasteiger partial charge is 0.254 e. The number of hydrogen-bond donors (Lipinski definition) is 0. The molecule has 0 aliphatic rings.